The zero-order chi connectivity index (χ0) is 14.0. The molecule has 0 saturated carbocycles. The molecule has 0 bridgehead atoms. The lowest BCUT2D eigenvalue weighted by Gasteiger charge is -2.21. The molecule has 108 valence electrons. The lowest BCUT2D eigenvalue weighted by Crippen LogP contribution is -2.24. The van der Waals surface area contributed by atoms with Crippen molar-refractivity contribution < 1.29 is 8.42 Å². The highest BCUT2D eigenvalue weighted by atomic mass is 35.5. The maximum Gasteiger partial charge on any atom is 0.150 e. The van der Waals surface area contributed by atoms with E-state index in [2.05, 4.69) is 10.4 Å². The van der Waals surface area contributed by atoms with E-state index in [0.29, 0.717) is 16.5 Å². The predicted octanol–water partition coefficient (Wildman–Crippen LogP) is 1.64. The summed E-state index contributed by atoms with van der Waals surface area (Å²) in [5.74, 6) is 0.816. The highest BCUT2D eigenvalue weighted by Crippen LogP contribution is 2.31. The van der Waals surface area contributed by atoms with Gasteiger partial charge in [-0.3, -0.25) is 4.68 Å². The van der Waals surface area contributed by atoms with E-state index in [1.54, 1.807) is 6.20 Å². The Morgan fingerprint density at radius 3 is 2.89 bits per heavy atom. The Kier molecular flexibility index (Phi) is 4.53. The van der Waals surface area contributed by atoms with Gasteiger partial charge >= 0.3 is 0 Å². The average molecular weight is 306 g/mol. The standard InChI is InChI=1S/C12H20ClN3O2S/c1-3-16-12(10(13)7-15-16)11(14-2)6-9-4-5-19(17,18)8-9/h7,9,11,14H,3-6,8H2,1-2H3. The molecule has 0 amide bonds. The summed E-state index contributed by atoms with van der Waals surface area (Å²) in [7, 11) is -0.955. The first-order chi connectivity index (χ1) is 8.96. The van der Waals surface area contributed by atoms with Gasteiger partial charge in [0.2, 0.25) is 0 Å². The summed E-state index contributed by atoms with van der Waals surface area (Å²) in [5.41, 5.74) is 0.955. The molecule has 1 aromatic heterocycles. The van der Waals surface area contributed by atoms with Gasteiger partial charge in [-0.05, 0) is 32.7 Å². The van der Waals surface area contributed by atoms with Crippen molar-refractivity contribution in [2.45, 2.75) is 32.4 Å². The normalized spacial score (nSPS) is 23.6. The number of rotatable bonds is 5. The molecule has 1 fully saturated rings. The Bertz CT molecular complexity index is 541. The summed E-state index contributed by atoms with van der Waals surface area (Å²) in [5, 5.41) is 8.11. The Balaban J connectivity index is 2.14. The molecule has 5 nitrogen and oxygen atoms in total. The zero-order valence-electron chi connectivity index (χ0n) is 11.3. The van der Waals surface area contributed by atoms with E-state index in [1.807, 2.05) is 18.7 Å². The molecular formula is C12H20ClN3O2S. The molecule has 2 atom stereocenters. The van der Waals surface area contributed by atoms with Gasteiger partial charge in [-0.2, -0.15) is 5.10 Å². The zero-order valence-corrected chi connectivity index (χ0v) is 12.8. The van der Waals surface area contributed by atoms with Gasteiger partial charge in [0.1, 0.15) is 0 Å². The van der Waals surface area contributed by atoms with Crippen LogP contribution in [0.1, 0.15) is 31.5 Å². The van der Waals surface area contributed by atoms with Crippen LogP contribution < -0.4 is 5.32 Å². The van der Waals surface area contributed by atoms with Gasteiger partial charge in [-0.15, -0.1) is 0 Å². The fraction of sp³-hybridized carbons (Fsp3) is 0.750. The van der Waals surface area contributed by atoms with Crippen molar-refractivity contribution in [2.75, 3.05) is 18.6 Å². The second-order valence-electron chi connectivity index (χ2n) is 5.04. The minimum absolute atomic E-state index is 0.0493. The molecule has 0 aliphatic carbocycles. The summed E-state index contributed by atoms with van der Waals surface area (Å²) in [6, 6.07) is 0.0493. The monoisotopic (exact) mass is 305 g/mol. The molecule has 1 saturated heterocycles. The smallest absolute Gasteiger partial charge is 0.150 e. The maximum absolute atomic E-state index is 11.5. The third-order valence-electron chi connectivity index (χ3n) is 3.71. The van der Waals surface area contributed by atoms with Crippen molar-refractivity contribution in [3.05, 3.63) is 16.9 Å². The Hall–Kier alpha value is -0.590. The van der Waals surface area contributed by atoms with Crippen LogP contribution in [0.25, 0.3) is 0 Å². The van der Waals surface area contributed by atoms with E-state index in [9.17, 15) is 8.42 Å². The van der Waals surface area contributed by atoms with Crippen LogP contribution in [0.4, 0.5) is 0 Å². The summed E-state index contributed by atoms with van der Waals surface area (Å²) in [6.07, 6.45) is 3.18. The quantitative estimate of drug-likeness (QED) is 0.898. The fourth-order valence-corrected chi connectivity index (χ4v) is 4.88. The first-order valence-electron chi connectivity index (χ1n) is 6.55. The van der Waals surface area contributed by atoms with Crippen LogP contribution in [0.2, 0.25) is 5.02 Å². The average Bonchev–Trinajstić information content (AvgIpc) is 2.89. The molecule has 1 aliphatic rings. The van der Waals surface area contributed by atoms with E-state index >= 15 is 0 Å². The summed E-state index contributed by atoms with van der Waals surface area (Å²) < 4.78 is 24.9. The van der Waals surface area contributed by atoms with Crippen molar-refractivity contribution in [3.63, 3.8) is 0 Å². The highest BCUT2D eigenvalue weighted by Gasteiger charge is 2.31. The lowest BCUT2D eigenvalue weighted by atomic mass is 9.97. The molecule has 2 unspecified atom stereocenters. The molecular weight excluding hydrogens is 286 g/mol. The van der Waals surface area contributed by atoms with Crippen LogP contribution in [-0.4, -0.2) is 36.8 Å². The minimum atomic E-state index is -2.83. The summed E-state index contributed by atoms with van der Waals surface area (Å²) in [4.78, 5) is 0. The molecule has 0 aromatic carbocycles. The molecule has 0 radical (unpaired) electrons. The topological polar surface area (TPSA) is 64.0 Å². The van der Waals surface area contributed by atoms with Gasteiger partial charge in [0.15, 0.2) is 9.84 Å². The van der Waals surface area contributed by atoms with Crippen molar-refractivity contribution in [2.24, 2.45) is 5.92 Å². The first kappa shape index (κ1) is 14.8. The van der Waals surface area contributed by atoms with Gasteiger partial charge in [-0.1, -0.05) is 11.6 Å². The molecule has 7 heteroatoms. The minimum Gasteiger partial charge on any atom is -0.312 e. The van der Waals surface area contributed by atoms with Crippen LogP contribution in [0.5, 0.6) is 0 Å². The van der Waals surface area contributed by atoms with E-state index in [-0.39, 0.29) is 12.0 Å². The van der Waals surface area contributed by atoms with Crippen molar-refractivity contribution in [3.8, 4) is 0 Å². The van der Waals surface area contributed by atoms with Crippen molar-refractivity contribution in [1.82, 2.24) is 15.1 Å². The van der Waals surface area contributed by atoms with Crippen LogP contribution in [-0.2, 0) is 16.4 Å². The van der Waals surface area contributed by atoms with Crippen molar-refractivity contribution in [1.29, 1.82) is 0 Å². The van der Waals surface area contributed by atoms with E-state index < -0.39 is 9.84 Å². The number of nitrogens with one attached hydrogen (secondary N) is 1. The number of aryl methyl sites for hydroxylation is 1. The van der Waals surface area contributed by atoms with Crippen LogP contribution in [0.15, 0.2) is 6.20 Å². The summed E-state index contributed by atoms with van der Waals surface area (Å²) >= 11 is 6.20. The molecule has 19 heavy (non-hydrogen) atoms. The second kappa shape index (κ2) is 5.81. The Morgan fingerprint density at radius 1 is 1.63 bits per heavy atom. The van der Waals surface area contributed by atoms with Gasteiger partial charge < -0.3 is 5.32 Å². The van der Waals surface area contributed by atoms with E-state index in [0.717, 1.165) is 25.1 Å². The number of sulfone groups is 1. The number of aromatic nitrogens is 2. The largest absolute Gasteiger partial charge is 0.312 e. The van der Waals surface area contributed by atoms with Gasteiger partial charge in [0.05, 0.1) is 34.5 Å². The predicted molar refractivity (Wildman–Crippen MR) is 76.1 cm³/mol. The summed E-state index contributed by atoms with van der Waals surface area (Å²) in [6.45, 7) is 2.77. The van der Waals surface area contributed by atoms with E-state index in [1.165, 1.54) is 0 Å². The highest BCUT2D eigenvalue weighted by molar-refractivity contribution is 7.91. The van der Waals surface area contributed by atoms with Gasteiger partial charge in [-0.25, -0.2) is 8.42 Å². The lowest BCUT2D eigenvalue weighted by molar-refractivity contribution is 0.412. The molecule has 0 spiro atoms. The molecule has 1 aliphatic heterocycles. The van der Waals surface area contributed by atoms with Gasteiger partial charge in [0, 0.05) is 6.54 Å². The third kappa shape index (κ3) is 3.30. The third-order valence-corrected chi connectivity index (χ3v) is 5.84. The number of hydrogen-bond acceptors (Lipinski definition) is 4. The van der Waals surface area contributed by atoms with Crippen LogP contribution in [0.3, 0.4) is 0 Å². The number of nitrogens with zero attached hydrogens (tertiary/aromatic N) is 2. The van der Waals surface area contributed by atoms with Gasteiger partial charge in [0.25, 0.3) is 0 Å². The Morgan fingerprint density at radius 2 is 2.37 bits per heavy atom. The Labute approximate surface area is 119 Å². The molecule has 2 rings (SSSR count). The molecule has 1 aromatic rings. The number of halogens is 1. The number of hydrogen-bond donors (Lipinski definition) is 1. The SMILES string of the molecule is CCn1ncc(Cl)c1C(CC1CCS(=O)(=O)C1)NC. The van der Waals surface area contributed by atoms with Crippen LogP contribution in [0, 0.1) is 5.92 Å². The molecule has 2 heterocycles. The fourth-order valence-electron chi connectivity index (χ4n) is 2.73. The maximum atomic E-state index is 11.5. The second-order valence-corrected chi connectivity index (χ2v) is 7.68. The molecule has 1 N–H and O–H groups in total. The van der Waals surface area contributed by atoms with Crippen LogP contribution >= 0.6 is 11.6 Å². The van der Waals surface area contributed by atoms with E-state index in [4.69, 9.17) is 11.6 Å². The van der Waals surface area contributed by atoms with Crippen molar-refractivity contribution >= 4 is 21.4 Å². The first-order valence-corrected chi connectivity index (χ1v) is 8.75.